The summed E-state index contributed by atoms with van der Waals surface area (Å²) in [7, 11) is 0. The zero-order valence-corrected chi connectivity index (χ0v) is 18.0. The molecule has 1 nitrogen and oxygen atoms in total. The summed E-state index contributed by atoms with van der Waals surface area (Å²) < 4.78 is 6.58. The van der Waals surface area contributed by atoms with Crippen LogP contribution < -0.4 is 4.74 Å². The summed E-state index contributed by atoms with van der Waals surface area (Å²) in [6.45, 7) is 0. The fourth-order valence-electron chi connectivity index (χ4n) is 4.56. The molecular weight excluding hydrogens is 412 g/mol. The minimum Gasteiger partial charge on any atom is -0.456 e. The molecule has 0 aliphatic carbocycles. The number of para-hydroxylation sites is 1. The molecule has 2 heteroatoms. The van der Waals surface area contributed by atoms with Crippen molar-refractivity contribution in [1.29, 1.82) is 0 Å². The largest absolute Gasteiger partial charge is 0.456 e. The van der Waals surface area contributed by atoms with E-state index in [9.17, 15) is 0 Å². The van der Waals surface area contributed by atoms with Gasteiger partial charge in [-0.1, -0.05) is 103 Å². The number of benzene rings is 5. The maximum atomic E-state index is 6.58. The summed E-state index contributed by atoms with van der Waals surface area (Å²) in [6, 6.07) is 39.7. The molecule has 0 aromatic heterocycles. The normalized spacial score (nSPS) is 11.5. The van der Waals surface area contributed by atoms with Gasteiger partial charge in [0, 0.05) is 22.2 Å². The molecule has 0 saturated heterocycles. The van der Waals surface area contributed by atoms with Gasteiger partial charge in [-0.3, -0.25) is 0 Å². The molecule has 0 radical (unpaired) electrons. The van der Waals surface area contributed by atoms with Crippen LogP contribution in [0.5, 0.6) is 11.5 Å². The standard InChI is InChI=1S/C30H19ClO/c31-20-17-18-28-26-14-6-4-12-24(26)22-10-2-1-9-21(22)23-11-3-5-13-25(23)27-15-7-8-16-29(27)32-30(28)19-20/h1-19H. The molecule has 1 aliphatic heterocycles. The first-order chi connectivity index (χ1) is 15.8. The van der Waals surface area contributed by atoms with E-state index in [1.54, 1.807) is 0 Å². The highest BCUT2D eigenvalue weighted by molar-refractivity contribution is 6.30. The SMILES string of the molecule is Clc1ccc2c(c1)Oc1ccccc1-c1ccccc1-c1ccccc1-c1ccccc1-2. The van der Waals surface area contributed by atoms with E-state index in [1.165, 1.54) is 16.7 Å². The van der Waals surface area contributed by atoms with Gasteiger partial charge in [-0.25, -0.2) is 0 Å². The van der Waals surface area contributed by atoms with Crippen LogP contribution in [0.4, 0.5) is 0 Å². The Labute approximate surface area is 192 Å². The zero-order valence-electron chi connectivity index (χ0n) is 17.3. The predicted molar refractivity (Wildman–Crippen MR) is 133 cm³/mol. The Hall–Kier alpha value is -3.81. The van der Waals surface area contributed by atoms with Gasteiger partial charge in [0.1, 0.15) is 11.5 Å². The average molecular weight is 431 g/mol. The highest BCUT2D eigenvalue weighted by Crippen LogP contribution is 2.47. The minimum atomic E-state index is 0.648. The van der Waals surface area contributed by atoms with Gasteiger partial charge in [-0.2, -0.15) is 0 Å². The highest BCUT2D eigenvalue weighted by atomic mass is 35.5. The first-order valence-corrected chi connectivity index (χ1v) is 11.0. The van der Waals surface area contributed by atoms with E-state index in [0.717, 1.165) is 39.3 Å². The second-order valence-electron chi connectivity index (χ2n) is 7.88. The molecule has 1 aliphatic rings. The lowest BCUT2D eigenvalue weighted by Gasteiger charge is -2.16. The molecule has 0 fully saturated rings. The van der Waals surface area contributed by atoms with E-state index in [0.29, 0.717) is 5.02 Å². The van der Waals surface area contributed by atoms with Gasteiger partial charge in [0.15, 0.2) is 0 Å². The third-order valence-electron chi connectivity index (χ3n) is 5.99. The maximum absolute atomic E-state index is 6.58. The summed E-state index contributed by atoms with van der Waals surface area (Å²) in [5, 5.41) is 0.648. The monoisotopic (exact) mass is 430 g/mol. The van der Waals surface area contributed by atoms with Crippen LogP contribution in [0.2, 0.25) is 5.02 Å². The van der Waals surface area contributed by atoms with Crippen LogP contribution >= 0.6 is 11.6 Å². The molecule has 5 aromatic rings. The molecule has 0 saturated carbocycles. The summed E-state index contributed by atoms with van der Waals surface area (Å²) in [4.78, 5) is 0. The third kappa shape index (κ3) is 3.10. The maximum Gasteiger partial charge on any atom is 0.136 e. The minimum absolute atomic E-state index is 0.648. The van der Waals surface area contributed by atoms with E-state index in [4.69, 9.17) is 16.3 Å². The Morgan fingerprint density at radius 1 is 0.375 bits per heavy atom. The van der Waals surface area contributed by atoms with Crippen molar-refractivity contribution in [3.05, 3.63) is 120 Å². The molecule has 0 bridgehead atoms. The van der Waals surface area contributed by atoms with E-state index in [-0.39, 0.29) is 0 Å². The van der Waals surface area contributed by atoms with E-state index >= 15 is 0 Å². The van der Waals surface area contributed by atoms with Gasteiger partial charge in [0.25, 0.3) is 0 Å². The Kier molecular flexibility index (Phi) is 4.56. The molecule has 0 amide bonds. The van der Waals surface area contributed by atoms with Crippen molar-refractivity contribution in [2.75, 3.05) is 0 Å². The molecular formula is C30H19ClO. The lowest BCUT2D eigenvalue weighted by molar-refractivity contribution is 0.486. The van der Waals surface area contributed by atoms with Gasteiger partial charge in [0.2, 0.25) is 0 Å². The fraction of sp³-hybridized carbons (Fsp3) is 0. The smallest absolute Gasteiger partial charge is 0.136 e. The predicted octanol–water partition coefficient (Wildman–Crippen LogP) is 9.11. The molecule has 32 heavy (non-hydrogen) atoms. The second-order valence-corrected chi connectivity index (χ2v) is 8.31. The van der Waals surface area contributed by atoms with Crippen LogP contribution in [-0.2, 0) is 0 Å². The van der Waals surface area contributed by atoms with Crippen molar-refractivity contribution < 1.29 is 4.74 Å². The molecule has 152 valence electrons. The number of ether oxygens (including phenoxy) is 1. The van der Waals surface area contributed by atoms with Crippen molar-refractivity contribution in [3.8, 4) is 56.0 Å². The average Bonchev–Trinajstić information content (AvgIpc) is 2.86. The van der Waals surface area contributed by atoms with Crippen molar-refractivity contribution in [3.63, 3.8) is 0 Å². The summed E-state index contributed by atoms with van der Waals surface area (Å²) in [6.07, 6.45) is 0. The first-order valence-electron chi connectivity index (χ1n) is 10.6. The molecule has 0 unspecified atom stereocenters. The second kappa shape index (κ2) is 7.71. The van der Waals surface area contributed by atoms with Gasteiger partial charge >= 0.3 is 0 Å². The molecule has 0 atom stereocenters. The van der Waals surface area contributed by atoms with E-state index in [2.05, 4.69) is 84.9 Å². The highest BCUT2D eigenvalue weighted by Gasteiger charge is 2.20. The van der Waals surface area contributed by atoms with Crippen molar-refractivity contribution in [2.24, 2.45) is 0 Å². The lowest BCUT2D eigenvalue weighted by Crippen LogP contribution is -1.92. The van der Waals surface area contributed by atoms with Gasteiger partial charge in [-0.15, -0.1) is 0 Å². The quantitative estimate of drug-likeness (QED) is 0.233. The van der Waals surface area contributed by atoms with Crippen molar-refractivity contribution in [1.82, 2.24) is 0 Å². The number of halogens is 1. The van der Waals surface area contributed by atoms with Crippen LogP contribution in [0, 0.1) is 0 Å². The van der Waals surface area contributed by atoms with E-state index < -0.39 is 0 Å². The molecule has 6 rings (SSSR count). The van der Waals surface area contributed by atoms with E-state index in [1.807, 2.05) is 30.3 Å². The van der Waals surface area contributed by atoms with Crippen LogP contribution in [0.1, 0.15) is 0 Å². The zero-order chi connectivity index (χ0) is 21.5. The van der Waals surface area contributed by atoms with Crippen LogP contribution in [-0.4, -0.2) is 0 Å². The molecule has 0 spiro atoms. The Morgan fingerprint density at radius 3 is 1.25 bits per heavy atom. The number of rotatable bonds is 0. The Balaban J connectivity index is 1.79. The summed E-state index contributed by atoms with van der Waals surface area (Å²) in [5.41, 5.74) is 9.05. The van der Waals surface area contributed by atoms with Crippen LogP contribution in [0.25, 0.3) is 44.5 Å². The van der Waals surface area contributed by atoms with Crippen LogP contribution in [0.15, 0.2) is 115 Å². The van der Waals surface area contributed by atoms with Crippen molar-refractivity contribution >= 4 is 11.6 Å². The number of hydrogen-bond acceptors (Lipinski definition) is 1. The molecule has 1 heterocycles. The summed E-state index contributed by atoms with van der Waals surface area (Å²) in [5.74, 6) is 1.55. The first kappa shape index (κ1) is 18.9. The summed E-state index contributed by atoms with van der Waals surface area (Å²) >= 11 is 6.41. The topological polar surface area (TPSA) is 9.23 Å². The van der Waals surface area contributed by atoms with Crippen LogP contribution in [0.3, 0.4) is 0 Å². The molecule has 5 aromatic carbocycles. The Bertz CT molecular complexity index is 1470. The number of hydrogen-bond donors (Lipinski definition) is 0. The Morgan fingerprint density at radius 2 is 0.750 bits per heavy atom. The number of fused-ring (bicyclic) bond motifs is 9. The molecule has 0 N–H and O–H groups in total. The lowest BCUT2D eigenvalue weighted by atomic mass is 9.87. The van der Waals surface area contributed by atoms with Gasteiger partial charge in [0.05, 0.1) is 0 Å². The van der Waals surface area contributed by atoms with Gasteiger partial charge < -0.3 is 4.74 Å². The third-order valence-corrected chi connectivity index (χ3v) is 6.23. The van der Waals surface area contributed by atoms with Gasteiger partial charge in [-0.05, 0) is 51.6 Å². The van der Waals surface area contributed by atoms with Crippen molar-refractivity contribution in [2.45, 2.75) is 0 Å². The fourth-order valence-corrected chi connectivity index (χ4v) is 4.72.